The Morgan fingerprint density at radius 1 is 0.617 bits per heavy atom. The standard InChI is InChI=1S/C29H51NO.C9H13NO.CH4.2FI/c1-31-28-23-21-26(22-24-28)25-29(30)27-19-17-15-13-11-9-7-5-3-2-4-6-8-10-12-14-16-18-20-27;1-7(10)6-8-2-4-9(11)5-3-8;;2*1-2/h21-24,27,29H,2-20,25,30H2,1H3;2-5,7,11H,6,10H2,1H3;1H4;;. The quantitative estimate of drug-likeness (QED) is 0.252. The van der Waals surface area contributed by atoms with Gasteiger partial charge >= 0.3 is 0 Å². The molecule has 0 saturated heterocycles. The van der Waals surface area contributed by atoms with Crippen LogP contribution < -0.4 is 16.2 Å². The number of rotatable bonds is 6. The summed E-state index contributed by atoms with van der Waals surface area (Å²) in [7, 11) is 1.73. The number of hydrogen-bond acceptors (Lipinski definition) is 4. The van der Waals surface area contributed by atoms with Crippen molar-refractivity contribution < 1.29 is 15.6 Å². The molecule has 2 unspecified atom stereocenters. The summed E-state index contributed by atoms with van der Waals surface area (Å²) in [4.78, 5) is 0. The molecule has 0 radical (unpaired) electrons. The van der Waals surface area contributed by atoms with Crippen LogP contribution in [0.15, 0.2) is 48.5 Å². The molecule has 0 spiro atoms. The molecule has 0 bridgehead atoms. The van der Waals surface area contributed by atoms with E-state index in [9.17, 15) is 5.72 Å². The molecule has 1 aliphatic rings. The molecule has 0 heterocycles. The summed E-state index contributed by atoms with van der Waals surface area (Å²) >= 11 is 1.30. The van der Waals surface area contributed by atoms with Crippen molar-refractivity contribution >= 4 is 46.3 Å². The Morgan fingerprint density at radius 2 is 0.936 bits per heavy atom. The molecule has 0 amide bonds. The van der Waals surface area contributed by atoms with Crippen LogP contribution in [0.25, 0.3) is 0 Å². The second kappa shape index (κ2) is 35.1. The van der Waals surface area contributed by atoms with Crippen LogP contribution in [-0.2, 0) is 12.8 Å². The molecule has 0 aromatic heterocycles. The average molecular weight is 889 g/mol. The molecule has 2 atom stereocenters. The Hall–Kier alpha value is -0.720. The van der Waals surface area contributed by atoms with Gasteiger partial charge < -0.3 is 21.3 Å². The number of phenols is 1. The van der Waals surface area contributed by atoms with Crippen LogP contribution in [0.1, 0.15) is 147 Å². The van der Waals surface area contributed by atoms with Crippen LogP contribution in [0.2, 0.25) is 0 Å². The number of hydrogen-bond donors (Lipinski definition) is 3. The molecule has 1 fully saturated rings. The maximum absolute atomic E-state index is 9.47. The number of halogens is 4. The first-order chi connectivity index (χ1) is 22.5. The lowest BCUT2D eigenvalue weighted by atomic mass is 9.85. The van der Waals surface area contributed by atoms with Gasteiger partial charge in [-0.1, -0.05) is 141 Å². The zero-order valence-electron chi connectivity index (χ0n) is 28.7. The smallest absolute Gasteiger partial charge is 0.171 e. The zero-order chi connectivity index (χ0) is 34.3. The van der Waals surface area contributed by atoms with Gasteiger partial charge in [0.05, 0.1) is 7.11 Å². The minimum Gasteiger partial charge on any atom is -0.508 e. The Kier molecular flexibility index (Phi) is 36.2. The van der Waals surface area contributed by atoms with E-state index in [1.165, 1.54) is 128 Å². The Labute approximate surface area is 316 Å². The molecule has 1 saturated carbocycles. The van der Waals surface area contributed by atoms with Crippen molar-refractivity contribution in [2.45, 2.75) is 161 Å². The van der Waals surface area contributed by atoms with Gasteiger partial charge in [-0.25, -0.2) is 0 Å². The van der Waals surface area contributed by atoms with E-state index < -0.39 is 0 Å². The number of phenolic OH excluding ortho intramolecular Hbond substituents is 1. The van der Waals surface area contributed by atoms with Gasteiger partial charge in [-0.15, -0.1) is 0 Å². The first kappa shape index (κ1) is 48.4. The molecule has 5 N–H and O–H groups in total. The van der Waals surface area contributed by atoms with E-state index in [4.69, 9.17) is 21.3 Å². The van der Waals surface area contributed by atoms with Gasteiger partial charge in [0, 0.05) is 12.1 Å². The highest BCUT2D eigenvalue weighted by Crippen LogP contribution is 2.25. The van der Waals surface area contributed by atoms with E-state index in [0.717, 1.165) is 24.2 Å². The van der Waals surface area contributed by atoms with Crippen LogP contribution in [0, 0.1) is 5.92 Å². The number of aromatic hydroxyl groups is 1. The largest absolute Gasteiger partial charge is 0.508 e. The summed E-state index contributed by atoms with van der Waals surface area (Å²) in [6.07, 6.45) is 28.8. The van der Waals surface area contributed by atoms with Gasteiger partial charge in [0.2, 0.25) is 0 Å². The molecule has 47 heavy (non-hydrogen) atoms. The topological polar surface area (TPSA) is 81.5 Å². The minimum atomic E-state index is 0. The summed E-state index contributed by atoms with van der Waals surface area (Å²) in [5.41, 5.74) is 14.9. The van der Waals surface area contributed by atoms with Gasteiger partial charge in [-0.2, -0.15) is 5.72 Å². The molecular formula is C39H68F2I2N2O2. The SMILES string of the molecule is C.CC(N)Cc1ccc(O)cc1.COc1ccc(CC(N)C2CCCCCCCCCCCCCCCCCCC2)cc1.FI.FI. The number of methoxy groups -OCH3 is 1. The molecule has 1 aliphatic carbocycles. The third-order valence-electron chi connectivity index (χ3n) is 8.88. The fourth-order valence-corrected chi connectivity index (χ4v) is 6.24. The van der Waals surface area contributed by atoms with Crippen LogP contribution >= 0.6 is 46.3 Å². The molecular weight excluding hydrogens is 820 g/mol. The van der Waals surface area contributed by atoms with Crippen molar-refractivity contribution in [3.8, 4) is 11.5 Å². The van der Waals surface area contributed by atoms with Crippen molar-refractivity contribution in [1.82, 2.24) is 0 Å². The maximum Gasteiger partial charge on any atom is 0.171 e. The van der Waals surface area contributed by atoms with Crippen molar-refractivity contribution in [3.63, 3.8) is 0 Å². The Morgan fingerprint density at radius 3 is 1.28 bits per heavy atom. The number of benzene rings is 2. The van der Waals surface area contributed by atoms with Gasteiger partial charge in [-0.05, 0) is 73.9 Å². The van der Waals surface area contributed by atoms with E-state index >= 15 is 0 Å². The lowest BCUT2D eigenvalue weighted by Gasteiger charge is -2.24. The van der Waals surface area contributed by atoms with Crippen LogP contribution in [0.5, 0.6) is 11.5 Å². The molecule has 4 nitrogen and oxygen atoms in total. The van der Waals surface area contributed by atoms with Crippen molar-refractivity contribution in [3.05, 3.63) is 59.7 Å². The summed E-state index contributed by atoms with van der Waals surface area (Å²) in [5.74, 6) is 1.91. The molecule has 3 rings (SSSR count). The van der Waals surface area contributed by atoms with Gasteiger partial charge in [0.25, 0.3) is 0 Å². The van der Waals surface area contributed by atoms with Crippen molar-refractivity contribution in [1.29, 1.82) is 0 Å². The van der Waals surface area contributed by atoms with Crippen LogP contribution in [-0.4, -0.2) is 24.3 Å². The predicted molar refractivity (Wildman–Crippen MR) is 218 cm³/mol. The van der Waals surface area contributed by atoms with E-state index in [1.807, 2.05) is 19.1 Å². The highest BCUT2D eigenvalue weighted by Gasteiger charge is 2.18. The molecule has 2 aromatic carbocycles. The van der Waals surface area contributed by atoms with Crippen molar-refractivity contribution in [2.24, 2.45) is 17.4 Å². The molecule has 0 aliphatic heterocycles. The fraction of sp³-hybridized carbons (Fsp3) is 0.692. The van der Waals surface area contributed by atoms with Crippen molar-refractivity contribution in [2.75, 3.05) is 7.11 Å². The maximum atomic E-state index is 9.47. The zero-order valence-corrected chi connectivity index (χ0v) is 33.0. The second-order valence-electron chi connectivity index (χ2n) is 12.9. The highest BCUT2D eigenvalue weighted by molar-refractivity contribution is 14.1. The van der Waals surface area contributed by atoms with Gasteiger partial charge in [0.1, 0.15) is 11.5 Å². The fourth-order valence-electron chi connectivity index (χ4n) is 6.24. The molecule has 274 valence electrons. The minimum absolute atomic E-state index is 0. The predicted octanol–water partition coefficient (Wildman–Crippen LogP) is 13.1. The third-order valence-corrected chi connectivity index (χ3v) is 8.88. The summed E-state index contributed by atoms with van der Waals surface area (Å²) in [6.45, 7) is 1.97. The van der Waals surface area contributed by atoms with E-state index in [-0.39, 0.29) is 19.5 Å². The summed E-state index contributed by atoms with van der Waals surface area (Å²) < 4.78 is 24.2. The first-order valence-corrected chi connectivity index (χ1v) is 19.3. The van der Waals surface area contributed by atoms with E-state index in [2.05, 4.69) is 24.3 Å². The normalized spacial score (nSPS) is 17.3. The van der Waals surface area contributed by atoms with Crippen LogP contribution in [0.3, 0.4) is 0 Å². The molecule has 2 aromatic rings. The van der Waals surface area contributed by atoms with Gasteiger partial charge in [0.15, 0.2) is 46.3 Å². The van der Waals surface area contributed by atoms with E-state index in [1.54, 1.807) is 19.2 Å². The van der Waals surface area contributed by atoms with Crippen LogP contribution in [0.4, 0.5) is 5.72 Å². The molecule has 8 heteroatoms. The Balaban J connectivity index is 0. The lowest BCUT2D eigenvalue weighted by Crippen LogP contribution is -2.32. The van der Waals surface area contributed by atoms with E-state index in [0.29, 0.717) is 58.0 Å². The van der Waals surface area contributed by atoms with Gasteiger partial charge in [-0.3, -0.25) is 0 Å². The summed E-state index contributed by atoms with van der Waals surface area (Å²) in [5, 5.41) is 8.96. The summed E-state index contributed by atoms with van der Waals surface area (Å²) in [6, 6.07) is 16.1. The highest BCUT2D eigenvalue weighted by atomic mass is 127. The third kappa shape index (κ3) is 27.8. The number of ether oxygens (including phenoxy) is 1. The Bertz CT molecular complexity index is 885. The second-order valence-corrected chi connectivity index (χ2v) is 12.9. The average Bonchev–Trinajstić information content (AvgIpc) is 3.07. The first-order valence-electron chi connectivity index (χ1n) is 17.7. The lowest BCUT2D eigenvalue weighted by molar-refractivity contribution is 0.338. The number of nitrogens with two attached hydrogens (primary N) is 2. The monoisotopic (exact) mass is 888 g/mol.